The highest BCUT2D eigenvalue weighted by Crippen LogP contribution is 2.24. The van der Waals surface area contributed by atoms with Crippen LogP contribution in [-0.2, 0) is 7.05 Å². The van der Waals surface area contributed by atoms with Crippen molar-refractivity contribution in [3.05, 3.63) is 16.4 Å². The molecular weight excluding hydrogens is 238 g/mol. The van der Waals surface area contributed by atoms with Crippen LogP contribution < -0.4 is 0 Å². The lowest BCUT2D eigenvalue weighted by molar-refractivity contribution is 0.0624. The molecule has 1 aromatic rings. The maximum Gasteiger partial charge on any atom is 0.273 e. The van der Waals surface area contributed by atoms with Gasteiger partial charge in [0.25, 0.3) is 5.91 Å². The molecule has 0 bridgehead atoms. The van der Waals surface area contributed by atoms with E-state index in [9.17, 15) is 4.79 Å². The van der Waals surface area contributed by atoms with E-state index in [0.29, 0.717) is 22.5 Å². The molecule has 2 heterocycles. The predicted molar refractivity (Wildman–Crippen MR) is 67.3 cm³/mol. The van der Waals surface area contributed by atoms with Crippen molar-refractivity contribution in [2.24, 2.45) is 7.05 Å². The molecule has 0 aliphatic carbocycles. The van der Waals surface area contributed by atoms with E-state index in [1.165, 1.54) is 6.42 Å². The van der Waals surface area contributed by atoms with Gasteiger partial charge in [-0.05, 0) is 33.1 Å². The molecule has 1 aliphatic heterocycles. The number of rotatable bonds is 1. The molecule has 1 amide bonds. The molecule has 17 heavy (non-hydrogen) atoms. The highest BCUT2D eigenvalue weighted by Gasteiger charge is 2.28. The summed E-state index contributed by atoms with van der Waals surface area (Å²) in [6, 6.07) is 0.294. The monoisotopic (exact) mass is 255 g/mol. The van der Waals surface area contributed by atoms with E-state index in [1.807, 2.05) is 11.8 Å². The average Bonchev–Trinajstić information content (AvgIpc) is 2.53. The van der Waals surface area contributed by atoms with E-state index < -0.39 is 0 Å². The summed E-state index contributed by atoms with van der Waals surface area (Å²) in [5.74, 6) is 0.00491. The minimum atomic E-state index is 0.00491. The smallest absolute Gasteiger partial charge is 0.273 e. The van der Waals surface area contributed by atoms with Crippen molar-refractivity contribution in [2.75, 3.05) is 6.54 Å². The molecule has 0 saturated carbocycles. The Hall–Kier alpha value is -1.03. The molecule has 0 aromatic carbocycles. The first kappa shape index (κ1) is 12.4. The molecule has 4 nitrogen and oxygen atoms in total. The van der Waals surface area contributed by atoms with Gasteiger partial charge < -0.3 is 4.90 Å². The van der Waals surface area contributed by atoms with Gasteiger partial charge in [-0.3, -0.25) is 9.48 Å². The standard InChI is InChI=1S/C12H18ClN3O/c1-8-6-4-5-7-16(8)12(17)11-10(13)9(2)14-15(11)3/h8H,4-7H2,1-3H3/t8-/m1/s1. The van der Waals surface area contributed by atoms with Crippen molar-refractivity contribution in [3.63, 3.8) is 0 Å². The summed E-state index contributed by atoms with van der Waals surface area (Å²) < 4.78 is 1.58. The van der Waals surface area contributed by atoms with Gasteiger partial charge in [0.05, 0.1) is 10.7 Å². The maximum atomic E-state index is 12.4. The van der Waals surface area contributed by atoms with Crippen LogP contribution in [0.2, 0.25) is 5.02 Å². The van der Waals surface area contributed by atoms with Crippen LogP contribution in [-0.4, -0.2) is 33.2 Å². The van der Waals surface area contributed by atoms with Gasteiger partial charge in [0.15, 0.2) is 0 Å². The lowest BCUT2D eigenvalue weighted by Crippen LogP contribution is -2.42. The van der Waals surface area contributed by atoms with Crippen molar-refractivity contribution in [1.82, 2.24) is 14.7 Å². The number of hydrogen-bond donors (Lipinski definition) is 0. The summed E-state index contributed by atoms with van der Waals surface area (Å²) in [7, 11) is 1.76. The fraction of sp³-hybridized carbons (Fsp3) is 0.667. The molecule has 1 aliphatic rings. The van der Waals surface area contributed by atoms with Gasteiger partial charge in [-0.25, -0.2) is 0 Å². The Bertz CT molecular complexity index is 441. The van der Waals surface area contributed by atoms with Gasteiger partial charge in [-0.2, -0.15) is 5.10 Å². The molecule has 1 fully saturated rings. The minimum absolute atomic E-state index is 0.00491. The third-order valence-corrected chi connectivity index (χ3v) is 3.87. The third kappa shape index (κ3) is 2.18. The van der Waals surface area contributed by atoms with Gasteiger partial charge in [0, 0.05) is 19.6 Å². The first-order valence-electron chi connectivity index (χ1n) is 6.02. The Morgan fingerprint density at radius 3 is 2.71 bits per heavy atom. The second kappa shape index (κ2) is 4.69. The summed E-state index contributed by atoms with van der Waals surface area (Å²) in [5, 5.41) is 4.67. The van der Waals surface area contributed by atoms with Gasteiger partial charge in [-0.15, -0.1) is 0 Å². The lowest BCUT2D eigenvalue weighted by atomic mass is 10.0. The van der Waals surface area contributed by atoms with Crippen LogP contribution in [0.25, 0.3) is 0 Å². The predicted octanol–water partition coefficient (Wildman–Crippen LogP) is 2.40. The van der Waals surface area contributed by atoms with Crippen LogP contribution in [0.5, 0.6) is 0 Å². The van der Waals surface area contributed by atoms with Gasteiger partial charge in [0.1, 0.15) is 5.69 Å². The second-order valence-electron chi connectivity index (χ2n) is 4.71. The van der Waals surface area contributed by atoms with Gasteiger partial charge in [-0.1, -0.05) is 11.6 Å². The zero-order valence-electron chi connectivity index (χ0n) is 10.5. The number of aromatic nitrogens is 2. The number of likely N-dealkylation sites (tertiary alicyclic amines) is 1. The molecule has 1 aromatic heterocycles. The van der Waals surface area contributed by atoms with Crippen LogP contribution >= 0.6 is 11.6 Å². The molecule has 0 radical (unpaired) electrons. The normalized spacial score (nSPS) is 20.7. The van der Waals surface area contributed by atoms with Crippen molar-refractivity contribution >= 4 is 17.5 Å². The van der Waals surface area contributed by atoms with Crippen LogP contribution in [0.4, 0.5) is 0 Å². The molecule has 0 spiro atoms. The van der Waals surface area contributed by atoms with E-state index in [2.05, 4.69) is 12.0 Å². The van der Waals surface area contributed by atoms with Crippen molar-refractivity contribution in [3.8, 4) is 0 Å². The highest BCUT2D eigenvalue weighted by molar-refractivity contribution is 6.34. The molecule has 94 valence electrons. The van der Waals surface area contributed by atoms with Crippen LogP contribution in [0.3, 0.4) is 0 Å². The molecule has 5 heteroatoms. The molecule has 2 rings (SSSR count). The summed E-state index contributed by atoms with van der Waals surface area (Å²) in [4.78, 5) is 14.4. The van der Waals surface area contributed by atoms with Crippen molar-refractivity contribution in [2.45, 2.75) is 39.2 Å². The van der Waals surface area contributed by atoms with E-state index in [1.54, 1.807) is 11.7 Å². The number of carbonyl (C=O) groups excluding carboxylic acids is 1. The number of carbonyl (C=O) groups is 1. The second-order valence-corrected chi connectivity index (χ2v) is 5.09. The third-order valence-electron chi connectivity index (χ3n) is 3.42. The largest absolute Gasteiger partial charge is 0.335 e. The molecule has 0 N–H and O–H groups in total. The number of amides is 1. The average molecular weight is 256 g/mol. The quantitative estimate of drug-likeness (QED) is 0.773. The molecule has 1 atom stereocenters. The first-order chi connectivity index (χ1) is 8.02. The van der Waals surface area contributed by atoms with Crippen LogP contribution in [0.15, 0.2) is 0 Å². The number of halogens is 1. The zero-order valence-corrected chi connectivity index (χ0v) is 11.3. The highest BCUT2D eigenvalue weighted by atomic mass is 35.5. The fourth-order valence-electron chi connectivity index (χ4n) is 2.40. The zero-order chi connectivity index (χ0) is 12.6. The van der Waals surface area contributed by atoms with E-state index in [0.717, 1.165) is 19.4 Å². The number of piperidine rings is 1. The number of nitrogens with zero attached hydrogens (tertiary/aromatic N) is 3. The van der Waals surface area contributed by atoms with E-state index in [4.69, 9.17) is 11.6 Å². The Labute approximate surface area is 107 Å². The Balaban J connectivity index is 2.30. The van der Waals surface area contributed by atoms with Crippen molar-refractivity contribution in [1.29, 1.82) is 0 Å². The molecular formula is C12H18ClN3O. The van der Waals surface area contributed by atoms with Crippen molar-refractivity contribution < 1.29 is 4.79 Å². The van der Waals surface area contributed by atoms with E-state index >= 15 is 0 Å². The van der Waals surface area contributed by atoms with E-state index in [-0.39, 0.29) is 5.91 Å². The molecule has 1 saturated heterocycles. The number of aryl methyl sites for hydroxylation is 2. The lowest BCUT2D eigenvalue weighted by Gasteiger charge is -2.33. The van der Waals surface area contributed by atoms with Gasteiger partial charge in [0.2, 0.25) is 0 Å². The van der Waals surface area contributed by atoms with Crippen LogP contribution in [0, 0.1) is 6.92 Å². The fourth-order valence-corrected chi connectivity index (χ4v) is 2.64. The Morgan fingerprint density at radius 2 is 2.18 bits per heavy atom. The maximum absolute atomic E-state index is 12.4. The van der Waals surface area contributed by atoms with Gasteiger partial charge >= 0.3 is 0 Å². The minimum Gasteiger partial charge on any atom is -0.335 e. The van der Waals surface area contributed by atoms with Crippen LogP contribution in [0.1, 0.15) is 42.4 Å². The molecule has 0 unspecified atom stereocenters. The number of hydrogen-bond acceptors (Lipinski definition) is 2. The summed E-state index contributed by atoms with van der Waals surface area (Å²) in [6.07, 6.45) is 3.34. The summed E-state index contributed by atoms with van der Waals surface area (Å²) >= 11 is 6.15. The first-order valence-corrected chi connectivity index (χ1v) is 6.40. The summed E-state index contributed by atoms with van der Waals surface area (Å²) in [5.41, 5.74) is 1.22. The Kier molecular flexibility index (Phi) is 3.43. The Morgan fingerprint density at radius 1 is 1.47 bits per heavy atom. The SMILES string of the molecule is Cc1nn(C)c(C(=O)N2CCCC[C@H]2C)c1Cl. The topological polar surface area (TPSA) is 38.1 Å². The summed E-state index contributed by atoms with van der Waals surface area (Å²) in [6.45, 7) is 4.73.